The summed E-state index contributed by atoms with van der Waals surface area (Å²) in [4.78, 5) is 25.9. The minimum absolute atomic E-state index is 0.186. The van der Waals surface area contributed by atoms with Crippen LogP contribution in [0.2, 0.25) is 0 Å². The Morgan fingerprint density at radius 1 is 1.12 bits per heavy atom. The fourth-order valence-electron chi connectivity index (χ4n) is 2.61. The Morgan fingerprint density at radius 2 is 1.65 bits per heavy atom. The summed E-state index contributed by atoms with van der Waals surface area (Å²) in [7, 11) is -1.51. The van der Waals surface area contributed by atoms with Crippen LogP contribution in [-0.2, 0) is 24.6 Å². The van der Waals surface area contributed by atoms with Crippen LogP contribution in [0.4, 0.5) is 0 Å². The van der Waals surface area contributed by atoms with Crippen molar-refractivity contribution in [3.8, 4) is 0 Å². The average Bonchev–Trinajstić information content (AvgIpc) is 2.85. The molecular formula is C16H22NO7PS. The number of rotatable bonds is 11. The molecule has 0 radical (unpaired) electrons. The van der Waals surface area contributed by atoms with Crippen molar-refractivity contribution in [1.82, 2.24) is 4.90 Å². The fourth-order valence-corrected chi connectivity index (χ4v) is 4.71. The number of imide groups is 1. The van der Waals surface area contributed by atoms with Crippen molar-refractivity contribution in [3.05, 3.63) is 35.4 Å². The molecule has 26 heavy (non-hydrogen) atoms. The number of carbonyl (C=O) groups is 2. The number of fused-ring (bicyclic) bond motifs is 1. The minimum Gasteiger partial charge on any atom is -0.333 e. The van der Waals surface area contributed by atoms with E-state index in [2.05, 4.69) is 0 Å². The molecule has 1 aliphatic heterocycles. The maximum atomic E-state index is 12.3. The van der Waals surface area contributed by atoms with E-state index in [1.165, 1.54) is 4.90 Å². The van der Waals surface area contributed by atoms with Gasteiger partial charge >= 0.3 is 11.4 Å². The third-order valence-corrected chi connectivity index (χ3v) is 6.05. The van der Waals surface area contributed by atoms with E-state index in [-0.39, 0.29) is 18.4 Å². The number of nitrogens with zero attached hydrogens (tertiary/aromatic N) is 1. The molecule has 2 atom stereocenters. The van der Waals surface area contributed by atoms with Gasteiger partial charge in [0.05, 0.1) is 24.3 Å². The van der Waals surface area contributed by atoms with Crippen LogP contribution < -0.4 is 0 Å². The molecule has 0 spiro atoms. The van der Waals surface area contributed by atoms with Gasteiger partial charge in [0.2, 0.25) is 8.38 Å². The van der Waals surface area contributed by atoms with Gasteiger partial charge in [-0.3, -0.25) is 23.2 Å². The lowest BCUT2D eigenvalue weighted by Crippen LogP contribution is -2.31. The summed E-state index contributed by atoms with van der Waals surface area (Å²) in [6.45, 7) is 4.52. The molecule has 0 fully saturated rings. The first-order chi connectivity index (χ1) is 12.5. The Bertz CT molecular complexity index is 631. The van der Waals surface area contributed by atoms with Gasteiger partial charge in [-0.2, -0.15) is 4.21 Å². The van der Waals surface area contributed by atoms with Crippen LogP contribution in [-0.4, -0.2) is 51.1 Å². The Kier molecular flexibility index (Phi) is 8.27. The van der Waals surface area contributed by atoms with Crippen molar-refractivity contribution in [1.29, 1.82) is 0 Å². The zero-order chi connectivity index (χ0) is 19.1. The molecule has 2 rings (SSSR count). The van der Waals surface area contributed by atoms with E-state index in [9.17, 15) is 13.8 Å². The van der Waals surface area contributed by atoms with Crippen LogP contribution in [0, 0.1) is 0 Å². The van der Waals surface area contributed by atoms with E-state index in [4.69, 9.17) is 17.8 Å². The number of benzene rings is 1. The summed E-state index contributed by atoms with van der Waals surface area (Å²) in [5.74, 6) is -1.39. The van der Waals surface area contributed by atoms with Crippen molar-refractivity contribution in [2.45, 2.75) is 32.5 Å². The molecule has 1 aliphatic rings. The molecular weight excluding hydrogens is 381 g/mol. The summed E-state index contributed by atoms with van der Waals surface area (Å²) < 4.78 is 36.1. The molecule has 1 aromatic rings. The molecule has 1 aromatic carbocycles. The van der Waals surface area contributed by atoms with Gasteiger partial charge in [-0.05, 0) is 38.8 Å². The highest BCUT2D eigenvalue weighted by Crippen LogP contribution is 2.46. The Labute approximate surface area is 156 Å². The van der Waals surface area contributed by atoms with Gasteiger partial charge in [0.1, 0.15) is 5.85 Å². The minimum atomic E-state index is -2.47. The second-order valence-corrected chi connectivity index (χ2v) is 7.63. The highest BCUT2D eigenvalue weighted by Gasteiger charge is 2.35. The van der Waals surface area contributed by atoms with Crippen molar-refractivity contribution in [2.75, 3.05) is 19.8 Å². The van der Waals surface area contributed by atoms with E-state index in [1.54, 1.807) is 38.1 Å². The summed E-state index contributed by atoms with van der Waals surface area (Å²) in [5, 5.41) is 0. The molecule has 0 saturated heterocycles. The van der Waals surface area contributed by atoms with Gasteiger partial charge in [0.25, 0.3) is 11.8 Å². The third kappa shape index (κ3) is 5.16. The smallest absolute Gasteiger partial charge is 0.302 e. The third-order valence-electron chi connectivity index (χ3n) is 3.65. The highest BCUT2D eigenvalue weighted by molar-refractivity contribution is 7.74. The standard InChI is InChI=1S/C16H22NO7PS/c1-3-22-25(23-4-2)14(24-26(20)21)10-7-11-17-15(18)12-8-5-6-9-13(12)16(17)19/h5-6,8-9,14H,3-4,7,10-11H2,1-2H3,(H,20,21). The maximum Gasteiger partial charge on any atom is 0.302 e. The van der Waals surface area contributed by atoms with Gasteiger partial charge in [0, 0.05) is 6.54 Å². The summed E-state index contributed by atoms with van der Waals surface area (Å²) in [6.07, 6.45) is 0.706. The number of amides is 2. The largest absolute Gasteiger partial charge is 0.333 e. The first-order valence-electron chi connectivity index (χ1n) is 8.27. The van der Waals surface area contributed by atoms with Gasteiger partial charge in [-0.15, -0.1) is 0 Å². The Balaban J connectivity index is 1.98. The van der Waals surface area contributed by atoms with Crippen molar-refractivity contribution in [2.24, 2.45) is 0 Å². The first kappa shape index (κ1) is 21.1. The molecule has 1 heterocycles. The van der Waals surface area contributed by atoms with Gasteiger partial charge in [-0.25, -0.2) is 0 Å². The maximum absolute atomic E-state index is 12.3. The Morgan fingerprint density at radius 3 is 2.12 bits per heavy atom. The SMILES string of the molecule is CCOP(OCC)C(CCCN1C(=O)c2ccccc2C1=O)OS(=O)O. The van der Waals surface area contributed by atoms with Crippen LogP contribution >= 0.6 is 8.38 Å². The van der Waals surface area contributed by atoms with E-state index in [0.29, 0.717) is 37.2 Å². The molecule has 0 bridgehead atoms. The molecule has 0 saturated carbocycles. The number of hydrogen-bond acceptors (Lipinski definition) is 6. The van der Waals surface area contributed by atoms with Gasteiger partial charge in [0.15, 0.2) is 0 Å². The van der Waals surface area contributed by atoms with Gasteiger partial charge in [-0.1, -0.05) is 12.1 Å². The second-order valence-electron chi connectivity index (χ2n) is 5.34. The molecule has 10 heteroatoms. The zero-order valence-corrected chi connectivity index (χ0v) is 16.3. The molecule has 0 aliphatic carbocycles. The van der Waals surface area contributed by atoms with Crippen molar-refractivity contribution in [3.63, 3.8) is 0 Å². The van der Waals surface area contributed by atoms with E-state index in [1.807, 2.05) is 0 Å². The van der Waals surface area contributed by atoms with Crippen LogP contribution in [0.25, 0.3) is 0 Å². The lowest BCUT2D eigenvalue weighted by Gasteiger charge is -2.24. The lowest BCUT2D eigenvalue weighted by molar-refractivity contribution is 0.0647. The summed E-state index contributed by atoms with van der Waals surface area (Å²) >= 11 is -2.47. The van der Waals surface area contributed by atoms with Crippen LogP contribution in [0.1, 0.15) is 47.4 Å². The normalized spacial score (nSPS) is 16.2. The van der Waals surface area contributed by atoms with E-state index in [0.717, 1.165) is 0 Å². The van der Waals surface area contributed by atoms with Crippen molar-refractivity contribution < 1.29 is 31.6 Å². The van der Waals surface area contributed by atoms with Crippen LogP contribution in [0.5, 0.6) is 0 Å². The molecule has 2 unspecified atom stereocenters. The first-order valence-corrected chi connectivity index (χ1v) is 10.6. The zero-order valence-electron chi connectivity index (χ0n) is 14.6. The molecule has 144 valence electrons. The second kappa shape index (κ2) is 10.2. The fraction of sp³-hybridized carbons (Fsp3) is 0.500. The van der Waals surface area contributed by atoms with Gasteiger partial charge < -0.3 is 9.05 Å². The lowest BCUT2D eigenvalue weighted by atomic mass is 10.1. The summed E-state index contributed by atoms with van der Waals surface area (Å²) in [6, 6.07) is 6.68. The number of carbonyl (C=O) groups excluding carboxylic acids is 2. The number of hydrogen-bond donors (Lipinski definition) is 1. The molecule has 2 amide bonds. The van der Waals surface area contributed by atoms with Crippen LogP contribution in [0.15, 0.2) is 24.3 Å². The quantitative estimate of drug-likeness (QED) is 0.344. The van der Waals surface area contributed by atoms with Crippen molar-refractivity contribution >= 4 is 31.6 Å². The monoisotopic (exact) mass is 403 g/mol. The topological polar surface area (TPSA) is 102 Å². The average molecular weight is 403 g/mol. The molecule has 8 nitrogen and oxygen atoms in total. The Hall–Kier alpha value is -1.22. The summed E-state index contributed by atoms with van der Waals surface area (Å²) in [5.41, 5.74) is 0.792. The predicted octanol–water partition coefficient (Wildman–Crippen LogP) is 2.93. The predicted molar refractivity (Wildman–Crippen MR) is 96.9 cm³/mol. The van der Waals surface area contributed by atoms with Crippen LogP contribution in [0.3, 0.4) is 0 Å². The molecule has 1 N–H and O–H groups in total. The van der Waals surface area contributed by atoms with E-state index < -0.39 is 25.6 Å². The van der Waals surface area contributed by atoms with E-state index >= 15 is 0 Å². The molecule has 0 aromatic heterocycles. The highest BCUT2D eigenvalue weighted by atomic mass is 32.2.